The number of anilines is 1. The molecule has 4 heteroatoms. The van der Waals surface area contributed by atoms with Gasteiger partial charge in [-0.25, -0.2) is 4.98 Å². The number of benzene rings is 1. The van der Waals surface area contributed by atoms with Crippen molar-refractivity contribution in [1.29, 1.82) is 0 Å². The second-order valence-corrected chi connectivity index (χ2v) is 5.67. The van der Waals surface area contributed by atoms with E-state index >= 15 is 0 Å². The molecule has 4 aromatic rings. The fraction of sp³-hybridized carbons (Fsp3) is 0.111. The first-order chi connectivity index (χ1) is 10.6. The number of hydrogen-bond donors (Lipinski definition) is 2. The third-order valence-electron chi connectivity index (χ3n) is 4.23. The molecular formula is C18H15N3O. The summed E-state index contributed by atoms with van der Waals surface area (Å²) < 4.78 is 0. The molecule has 0 saturated carbocycles. The van der Waals surface area contributed by atoms with Crippen molar-refractivity contribution in [3.8, 4) is 0 Å². The van der Waals surface area contributed by atoms with Crippen LogP contribution < -0.4 is 11.2 Å². The van der Waals surface area contributed by atoms with Crippen molar-refractivity contribution >= 4 is 38.5 Å². The maximum Gasteiger partial charge on any atom is 0.191 e. The van der Waals surface area contributed by atoms with Gasteiger partial charge in [0.25, 0.3) is 0 Å². The van der Waals surface area contributed by atoms with Crippen LogP contribution in [0.2, 0.25) is 0 Å². The molecule has 4 nitrogen and oxygen atoms in total. The van der Waals surface area contributed by atoms with Gasteiger partial charge in [0.1, 0.15) is 5.65 Å². The number of nitrogens with two attached hydrogens (primary N) is 1. The highest BCUT2D eigenvalue weighted by Crippen LogP contribution is 2.33. The minimum absolute atomic E-state index is 0.00799. The van der Waals surface area contributed by atoms with Gasteiger partial charge in [0.15, 0.2) is 5.43 Å². The predicted molar refractivity (Wildman–Crippen MR) is 91.3 cm³/mol. The lowest BCUT2D eigenvalue weighted by Gasteiger charge is -2.03. The van der Waals surface area contributed by atoms with Gasteiger partial charge in [-0.15, -0.1) is 0 Å². The van der Waals surface area contributed by atoms with E-state index in [1.807, 2.05) is 50.2 Å². The highest BCUT2D eigenvalue weighted by Gasteiger charge is 2.15. The molecule has 0 amide bonds. The van der Waals surface area contributed by atoms with Gasteiger partial charge in [0, 0.05) is 5.39 Å². The number of nitrogens with one attached hydrogen (secondary N) is 1. The number of H-pyrrole nitrogens is 1. The van der Waals surface area contributed by atoms with Crippen LogP contribution in [0.4, 0.5) is 5.69 Å². The van der Waals surface area contributed by atoms with Crippen LogP contribution in [-0.4, -0.2) is 9.97 Å². The summed E-state index contributed by atoms with van der Waals surface area (Å²) in [7, 11) is 0. The number of aryl methyl sites for hydroxylation is 2. The summed E-state index contributed by atoms with van der Waals surface area (Å²) in [6.07, 6.45) is 0. The molecule has 0 aliphatic carbocycles. The molecule has 0 fully saturated rings. The Morgan fingerprint density at radius 1 is 1.00 bits per heavy atom. The average Bonchev–Trinajstić information content (AvgIpc) is 2.77. The number of nitrogens with zero attached hydrogens (tertiary/aromatic N) is 1. The first-order valence-corrected chi connectivity index (χ1v) is 7.18. The molecule has 2 heterocycles. The zero-order chi connectivity index (χ0) is 15.4. The van der Waals surface area contributed by atoms with Gasteiger partial charge in [-0.2, -0.15) is 0 Å². The summed E-state index contributed by atoms with van der Waals surface area (Å²) in [5, 5.41) is 2.23. The topological polar surface area (TPSA) is 71.8 Å². The number of nitrogen functional groups attached to an aromatic ring is 1. The zero-order valence-corrected chi connectivity index (χ0v) is 12.4. The quantitative estimate of drug-likeness (QED) is 0.521. The Balaban J connectivity index is 2.37. The van der Waals surface area contributed by atoms with Crippen LogP contribution in [0.5, 0.6) is 0 Å². The maximum atomic E-state index is 12.5. The molecule has 0 atom stereocenters. The van der Waals surface area contributed by atoms with E-state index in [2.05, 4.69) is 4.98 Å². The molecule has 0 saturated heterocycles. The Labute approximate surface area is 126 Å². The summed E-state index contributed by atoms with van der Waals surface area (Å²) in [5.74, 6) is 0. The molecule has 0 aliphatic heterocycles. The monoisotopic (exact) mass is 289 g/mol. The summed E-state index contributed by atoms with van der Waals surface area (Å²) in [5.41, 5.74) is 11.1. The molecule has 0 bridgehead atoms. The zero-order valence-electron chi connectivity index (χ0n) is 12.4. The maximum absolute atomic E-state index is 12.5. The summed E-state index contributed by atoms with van der Waals surface area (Å²) in [6.45, 7) is 3.82. The fourth-order valence-corrected chi connectivity index (χ4v) is 3.03. The molecule has 22 heavy (non-hydrogen) atoms. The molecule has 0 spiro atoms. The van der Waals surface area contributed by atoms with Crippen LogP contribution in [0.15, 0.2) is 41.2 Å². The summed E-state index contributed by atoms with van der Waals surface area (Å²) in [6, 6.07) is 11.6. The third-order valence-corrected chi connectivity index (χ3v) is 4.23. The highest BCUT2D eigenvalue weighted by atomic mass is 16.1. The van der Waals surface area contributed by atoms with E-state index in [1.54, 1.807) is 0 Å². The lowest BCUT2D eigenvalue weighted by molar-refractivity contribution is 1.38. The SMILES string of the molecule is Cc1ccc2[nH]c3nc4c(C)ccccc4c(N)c3c2c1=O. The van der Waals surface area contributed by atoms with Gasteiger partial charge in [0.2, 0.25) is 0 Å². The van der Waals surface area contributed by atoms with Crippen molar-refractivity contribution in [3.05, 3.63) is 57.7 Å². The van der Waals surface area contributed by atoms with Crippen molar-refractivity contribution in [2.75, 3.05) is 5.73 Å². The van der Waals surface area contributed by atoms with E-state index in [-0.39, 0.29) is 5.43 Å². The van der Waals surface area contributed by atoms with Crippen molar-refractivity contribution < 1.29 is 0 Å². The smallest absolute Gasteiger partial charge is 0.191 e. The van der Waals surface area contributed by atoms with Gasteiger partial charge in [-0.05, 0) is 31.0 Å². The van der Waals surface area contributed by atoms with Crippen molar-refractivity contribution in [2.45, 2.75) is 13.8 Å². The second-order valence-electron chi connectivity index (χ2n) is 5.67. The molecule has 0 aliphatic rings. The fourth-order valence-electron chi connectivity index (χ4n) is 3.03. The lowest BCUT2D eigenvalue weighted by atomic mass is 10.1. The van der Waals surface area contributed by atoms with Gasteiger partial charge >= 0.3 is 0 Å². The molecule has 108 valence electrons. The van der Waals surface area contributed by atoms with Crippen LogP contribution >= 0.6 is 0 Å². The lowest BCUT2D eigenvalue weighted by Crippen LogP contribution is -2.04. The highest BCUT2D eigenvalue weighted by molar-refractivity contribution is 6.18. The average molecular weight is 289 g/mol. The van der Waals surface area contributed by atoms with E-state index in [9.17, 15) is 4.79 Å². The van der Waals surface area contributed by atoms with Gasteiger partial charge < -0.3 is 10.7 Å². The first-order valence-electron chi connectivity index (χ1n) is 7.18. The number of pyridine rings is 1. The predicted octanol–water partition coefficient (Wildman–Crippen LogP) is 3.43. The number of fused-ring (bicyclic) bond motifs is 4. The van der Waals surface area contributed by atoms with Crippen LogP contribution in [0.25, 0.3) is 32.8 Å². The number of hydrogen-bond acceptors (Lipinski definition) is 3. The molecule has 2 aromatic carbocycles. The number of aromatic amines is 1. The largest absolute Gasteiger partial charge is 0.398 e. The van der Waals surface area contributed by atoms with Gasteiger partial charge in [0.05, 0.1) is 27.5 Å². The summed E-state index contributed by atoms with van der Waals surface area (Å²) >= 11 is 0. The van der Waals surface area contributed by atoms with Crippen molar-refractivity contribution in [3.63, 3.8) is 0 Å². The molecule has 3 N–H and O–H groups in total. The normalized spacial score (nSPS) is 11.5. The minimum atomic E-state index is 0.00799. The molecular weight excluding hydrogens is 274 g/mol. The van der Waals surface area contributed by atoms with Crippen molar-refractivity contribution in [1.82, 2.24) is 9.97 Å². The molecule has 4 rings (SSSR count). The van der Waals surface area contributed by atoms with E-state index in [0.29, 0.717) is 22.3 Å². The Morgan fingerprint density at radius 2 is 1.77 bits per heavy atom. The molecule has 2 aromatic heterocycles. The minimum Gasteiger partial charge on any atom is -0.398 e. The van der Waals surface area contributed by atoms with Crippen molar-refractivity contribution in [2.24, 2.45) is 0 Å². The molecule has 0 radical (unpaired) electrons. The van der Waals surface area contributed by atoms with Gasteiger partial charge in [-0.3, -0.25) is 4.79 Å². The van der Waals surface area contributed by atoms with Gasteiger partial charge in [-0.1, -0.05) is 30.3 Å². The van der Waals surface area contributed by atoms with Crippen LogP contribution in [0, 0.1) is 13.8 Å². The second kappa shape index (κ2) is 4.31. The van der Waals surface area contributed by atoms with E-state index in [0.717, 1.165) is 27.4 Å². The Hall–Kier alpha value is -2.88. The number of aromatic nitrogens is 2. The van der Waals surface area contributed by atoms with E-state index < -0.39 is 0 Å². The van der Waals surface area contributed by atoms with Crippen LogP contribution in [-0.2, 0) is 0 Å². The van der Waals surface area contributed by atoms with E-state index in [4.69, 9.17) is 10.7 Å². The third kappa shape index (κ3) is 1.58. The Bertz CT molecular complexity index is 1130. The van der Waals surface area contributed by atoms with Crippen LogP contribution in [0.1, 0.15) is 11.1 Å². The first kappa shape index (κ1) is 12.8. The Kier molecular flexibility index (Phi) is 2.51. The molecule has 0 unspecified atom stereocenters. The van der Waals surface area contributed by atoms with Crippen LogP contribution in [0.3, 0.4) is 0 Å². The van der Waals surface area contributed by atoms with E-state index in [1.165, 1.54) is 0 Å². The summed E-state index contributed by atoms with van der Waals surface area (Å²) in [4.78, 5) is 20.5. The Morgan fingerprint density at radius 3 is 2.59 bits per heavy atom. The number of rotatable bonds is 0. The standard InChI is InChI=1S/C18H15N3O/c1-9-5-3-4-6-11-15(19)14-13-12(8-7-10(2)17(13)22)20-18(14)21-16(9)11/h3-8H,19H2,1-2H3,(H,20,21).